The molecule has 1 aliphatic rings. The molecule has 7 heteroatoms. The Kier molecular flexibility index (Phi) is 9.81. The Balaban J connectivity index is 1.61. The molecule has 2 N–H and O–H groups in total. The highest BCUT2D eigenvalue weighted by atomic mass is 32.2. The predicted molar refractivity (Wildman–Crippen MR) is 159 cm³/mol. The van der Waals surface area contributed by atoms with Gasteiger partial charge < -0.3 is 10.0 Å². The zero-order valence-corrected chi connectivity index (χ0v) is 22.2. The van der Waals surface area contributed by atoms with E-state index >= 15 is 0 Å². The zero-order valence-electron chi connectivity index (χ0n) is 21.4. The van der Waals surface area contributed by atoms with E-state index in [4.69, 9.17) is 25.0 Å². The molecule has 0 radical (unpaired) electrons. The van der Waals surface area contributed by atoms with Gasteiger partial charge in [-0.1, -0.05) is 115 Å². The summed E-state index contributed by atoms with van der Waals surface area (Å²) in [5, 5.41) is 18.1. The van der Waals surface area contributed by atoms with Gasteiger partial charge in [0.05, 0.1) is 0 Å². The van der Waals surface area contributed by atoms with E-state index in [1.807, 2.05) is 90.7 Å². The SMILES string of the molecule is C=C1CSCC(C)=C(/C=C\C=C\B(O)O)/C1=C/C=C\Cc1nc(-c2ccccc2)nc(-c2ccccc2)n1. The number of benzene rings is 2. The zero-order chi connectivity index (χ0) is 26.7. The summed E-state index contributed by atoms with van der Waals surface area (Å²) in [6, 6.07) is 19.9. The minimum Gasteiger partial charge on any atom is -0.424 e. The average Bonchev–Trinajstić information content (AvgIpc) is 3.07. The minimum absolute atomic E-state index is 0.554. The summed E-state index contributed by atoms with van der Waals surface area (Å²) in [6.07, 6.45) is 12.2. The van der Waals surface area contributed by atoms with Gasteiger partial charge in [0, 0.05) is 29.1 Å². The highest BCUT2D eigenvalue weighted by Crippen LogP contribution is 2.31. The molecule has 0 spiro atoms. The van der Waals surface area contributed by atoms with E-state index in [2.05, 4.69) is 25.7 Å². The second-order valence-electron chi connectivity index (χ2n) is 8.79. The van der Waals surface area contributed by atoms with E-state index in [-0.39, 0.29) is 0 Å². The van der Waals surface area contributed by atoms with Crippen molar-refractivity contribution >= 4 is 18.9 Å². The van der Waals surface area contributed by atoms with Crippen LogP contribution in [-0.2, 0) is 6.42 Å². The molecule has 1 aliphatic heterocycles. The van der Waals surface area contributed by atoms with Crippen molar-refractivity contribution in [1.29, 1.82) is 0 Å². The number of rotatable bonds is 8. The molecule has 0 unspecified atom stereocenters. The van der Waals surface area contributed by atoms with E-state index in [0.29, 0.717) is 23.9 Å². The predicted octanol–water partition coefficient (Wildman–Crippen LogP) is 5.97. The van der Waals surface area contributed by atoms with Gasteiger partial charge >= 0.3 is 7.12 Å². The summed E-state index contributed by atoms with van der Waals surface area (Å²) in [6.45, 7) is 6.42. The number of nitrogens with zero attached hydrogens (tertiary/aromatic N) is 3. The summed E-state index contributed by atoms with van der Waals surface area (Å²) in [5.41, 5.74) is 6.38. The van der Waals surface area contributed by atoms with Gasteiger partial charge in [0.25, 0.3) is 0 Å². The number of hydrogen-bond acceptors (Lipinski definition) is 6. The van der Waals surface area contributed by atoms with Crippen LogP contribution in [0.1, 0.15) is 12.7 Å². The minimum atomic E-state index is -1.47. The van der Waals surface area contributed by atoms with E-state index < -0.39 is 7.12 Å². The Morgan fingerprint density at radius 2 is 1.50 bits per heavy atom. The van der Waals surface area contributed by atoms with E-state index in [9.17, 15) is 0 Å². The van der Waals surface area contributed by atoms with Crippen LogP contribution in [0.3, 0.4) is 0 Å². The lowest BCUT2D eigenvalue weighted by atomic mass is 9.91. The van der Waals surface area contributed by atoms with Crippen molar-refractivity contribution < 1.29 is 10.0 Å². The molecule has 0 amide bonds. The van der Waals surface area contributed by atoms with Crippen molar-refractivity contribution in [1.82, 2.24) is 15.0 Å². The van der Waals surface area contributed by atoms with Gasteiger partial charge in [-0.15, -0.1) is 0 Å². The van der Waals surface area contributed by atoms with Crippen molar-refractivity contribution in [2.45, 2.75) is 13.3 Å². The Hall–Kier alpha value is -3.78. The fraction of sp³-hybridized carbons (Fsp3) is 0.129. The van der Waals surface area contributed by atoms with Crippen LogP contribution in [0.2, 0.25) is 0 Å². The van der Waals surface area contributed by atoms with Crippen molar-refractivity contribution in [2.75, 3.05) is 11.5 Å². The lowest BCUT2D eigenvalue weighted by Crippen LogP contribution is -2.05. The monoisotopic (exact) mass is 519 g/mol. The molecule has 38 heavy (non-hydrogen) atoms. The molecule has 0 saturated heterocycles. The Morgan fingerprint density at radius 3 is 2.11 bits per heavy atom. The third-order valence-corrected chi connectivity index (χ3v) is 7.02. The highest BCUT2D eigenvalue weighted by molar-refractivity contribution is 7.99. The van der Waals surface area contributed by atoms with Crippen LogP contribution in [0, 0.1) is 0 Å². The second kappa shape index (κ2) is 13.7. The molecule has 3 aromatic rings. The number of allylic oxidation sites excluding steroid dienone is 8. The standard InChI is InChI=1S/C31H30BN3O2S/c1-23-21-38-22-24(2)28(18-11-12-20-32(36)37)27(23)17-9-10-19-29-33-30(25-13-5-3-6-14-25)35-31(34-29)26-15-7-4-8-16-26/h3-18,20,36-37H,1,19,21-22H2,2H3/b10-9-,18-11-,20-12+,27-17+. The van der Waals surface area contributed by atoms with Gasteiger partial charge in [0.15, 0.2) is 11.6 Å². The summed E-state index contributed by atoms with van der Waals surface area (Å²) in [7, 11) is -1.47. The van der Waals surface area contributed by atoms with Gasteiger partial charge in [0.1, 0.15) is 5.82 Å². The molecule has 0 saturated carbocycles. The van der Waals surface area contributed by atoms with Gasteiger partial charge in [-0.2, -0.15) is 11.8 Å². The Labute approximate surface area is 229 Å². The maximum absolute atomic E-state index is 9.05. The molecular weight excluding hydrogens is 489 g/mol. The van der Waals surface area contributed by atoms with E-state index in [0.717, 1.165) is 39.4 Å². The number of hydrogen-bond donors (Lipinski definition) is 2. The molecule has 2 heterocycles. The fourth-order valence-electron chi connectivity index (χ4n) is 3.94. The molecule has 0 bridgehead atoms. The lowest BCUT2D eigenvalue weighted by molar-refractivity contribution is 0.424. The van der Waals surface area contributed by atoms with Gasteiger partial charge in [-0.05, 0) is 23.6 Å². The van der Waals surface area contributed by atoms with Gasteiger partial charge in [-0.25, -0.2) is 15.0 Å². The van der Waals surface area contributed by atoms with Crippen molar-refractivity contribution in [3.8, 4) is 22.8 Å². The lowest BCUT2D eigenvalue weighted by Gasteiger charge is -2.10. The first-order valence-electron chi connectivity index (χ1n) is 12.4. The summed E-state index contributed by atoms with van der Waals surface area (Å²) < 4.78 is 0. The molecule has 0 aliphatic carbocycles. The molecule has 4 rings (SSSR count). The van der Waals surface area contributed by atoms with Crippen molar-refractivity contribution in [3.63, 3.8) is 0 Å². The first-order chi connectivity index (χ1) is 18.5. The molecule has 1 aromatic heterocycles. The first-order valence-corrected chi connectivity index (χ1v) is 13.6. The normalized spacial score (nSPS) is 15.8. The molecule has 0 fully saturated rings. The molecule has 0 atom stereocenters. The smallest absolute Gasteiger partial charge is 0.424 e. The number of aromatic nitrogens is 3. The third-order valence-electron chi connectivity index (χ3n) is 5.83. The molecule has 190 valence electrons. The summed E-state index contributed by atoms with van der Waals surface area (Å²) >= 11 is 1.84. The largest absolute Gasteiger partial charge is 0.480 e. The molecule has 2 aromatic carbocycles. The molecular formula is C31H30BN3O2S. The van der Waals surface area contributed by atoms with Gasteiger partial charge in [-0.3, -0.25) is 0 Å². The quantitative estimate of drug-likeness (QED) is 0.282. The van der Waals surface area contributed by atoms with Crippen LogP contribution in [0.15, 0.2) is 132 Å². The summed E-state index contributed by atoms with van der Waals surface area (Å²) in [5.74, 6) is 5.10. The topological polar surface area (TPSA) is 79.1 Å². The maximum Gasteiger partial charge on any atom is 0.480 e. The van der Waals surface area contributed by atoms with Gasteiger partial charge in [0.2, 0.25) is 0 Å². The number of thioether (sulfide) groups is 1. The molecule has 5 nitrogen and oxygen atoms in total. The highest BCUT2D eigenvalue weighted by Gasteiger charge is 2.14. The van der Waals surface area contributed by atoms with E-state index in [1.54, 1.807) is 6.08 Å². The van der Waals surface area contributed by atoms with Crippen LogP contribution in [0.4, 0.5) is 0 Å². The van der Waals surface area contributed by atoms with E-state index in [1.165, 1.54) is 11.5 Å². The average molecular weight is 519 g/mol. The van der Waals surface area contributed by atoms with Crippen LogP contribution >= 0.6 is 11.8 Å². The van der Waals surface area contributed by atoms with Crippen molar-refractivity contribution in [3.05, 3.63) is 138 Å². The Morgan fingerprint density at radius 1 is 0.868 bits per heavy atom. The van der Waals surface area contributed by atoms with Crippen LogP contribution in [-0.4, -0.2) is 43.6 Å². The first kappa shape index (κ1) is 27.3. The maximum atomic E-state index is 9.05. The summed E-state index contributed by atoms with van der Waals surface area (Å²) in [4.78, 5) is 14.2. The van der Waals surface area contributed by atoms with Crippen LogP contribution in [0.5, 0.6) is 0 Å². The van der Waals surface area contributed by atoms with Crippen LogP contribution in [0.25, 0.3) is 22.8 Å². The second-order valence-corrected chi connectivity index (χ2v) is 9.78. The third kappa shape index (κ3) is 7.62. The Bertz CT molecular complexity index is 1350. The van der Waals surface area contributed by atoms with Crippen molar-refractivity contribution in [2.24, 2.45) is 0 Å². The fourth-order valence-corrected chi connectivity index (χ4v) is 4.91. The van der Waals surface area contributed by atoms with Crippen LogP contribution < -0.4 is 0 Å².